The highest BCUT2D eigenvalue weighted by Crippen LogP contribution is 2.29. The van der Waals surface area contributed by atoms with Crippen LogP contribution in [-0.2, 0) is 6.18 Å². The van der Waals surface area contributed by atoms with Crippen LogP contribution in [0.2, 0.25) is 0 Å². The Hall–Kier alpha value is -1.98. The Balaban J connectivity index is 1.88. The number of rotatable bonds is 2. The molecule has 0 N–H and O–H groups in total. The molecule has 1 aliphatic rings. The van der Waals surface area contributed by atoms with Gasteiger partial charge in [0.1, 0.15) is 0 Å². The number of hydrogen-bond acceptors (Lipinski definition) is 2. The average molecular weight is 295 g/mol. The van der Waals surface area contributed by atoms with Crippen molar-refractivity contribution in [3.05, 3.63) is 41.7 Å². The van der Waals surface area contributed by atoms with Crippen LogP contribution in [0.4, 0.5) is 18.9 Å². The lowest BCUT2D eigenvalue weighted by molar-refractivity contribution is -0.141. The molecule has 21 heavy (non-hydrogen) atoms. The summed E-state index contributed by atoms with van der Waals surface area (Å²) in [6.45, 7) is 3.70. The van der Waals surface area contributed by atoms with Gasteiger partial charge in [0.25, 0.3) is 0 Å². The summed E-state index contributed by atoms with van der Waals surface area (Å²) in [4.78, 5) is 2.28. The van der Waals surface area contributed by atoms with E-state index < -0.39 is 11.9 Å². The van der Waals surface area contributed by atoms with Gasteiger partial charge >= 0.3 is 6.18 Å². The van der Waals surface area contributed by atoms with Crippen LogP contribution in [-0.4, -0.2) is 22.9 Å². The van der Waals surface area contributed by atoms with Crippen LogP contribution in [0.3, 0.4) is 0 Å². The molecule has 0 bridgehead atoms. The van der Waals surface area contributed by atoms with Crippen LogP contribution in [0, 0.1) is 6.92 Å². The van der Waals surface area contributed by atoms with Crippen molar-refractivity contribution in [3.8, 4) is 5.69 Å². The zero-order valence-corrected chi connectivity index (χ0v) is 11.7. The second kappa shape index (κ2) is 5.09. The smallest absolute Gasteiger partial charge is 0.372 e. The molecule has 1 aromatic heterocycles. The van der Waals surface area contributed by atoms with Crippen molar-refractivity contribution >= 4 is 5.69 Å². The maximum Gasteiger partial charge on any atom is 0.435 e. The number of hydrogen-bond donors (Lipinski definition) is 0. The fourth-order valence-electron chi connectivity index (χ4n) is 2.65. The molecule has 0 aliphatic carbocycles. The Labute approximate surface area is 121 Å². The molecule has 2 heterocycles. The van der Waals surface area contributed by atoms with Crippen LogP contribution in [0.25, 0.3) is 5.69 Å². The molecule has 0 amide bonds. The van der Waals surface area contributed by atoms with Gasteiger partial charge in [0, 0.05) is 24.5 Å². The first-order valence-corrected chi connectivity index (χ1v) is 6.94. The molecule has 112 valence electrons. The number of nitrogens with zero attached hydrogens (tertiary/aromatic N) is 3. The van der Waals surface area contributed by atoms with E-state index in [1.54, 1.807) is 6.92 Å². The fourth-order valence-corrected chi connectivity index (χ4v) is 2.65. The molecule has 0 atom stereocenters. The molecule has 1 aromatic carbocycles. The van der Waals surface area contributed by atoms with Gasteiger partial charge in [-0.3, -0.25) is 0 Å². The third-order valence-corrected chi connectivity index (χ3v) is 3.74. The SMILES string of the molecule is Cc1cc(C(F)(F)F)nn1-c1ccc(N2CCCC2)cc1. The standard InChI is InChI=1S/C15H16F3N3/c1-11-10-14(15(16,17)18)19-21(11)13-6-4-12(5-7-13)20-8-2-3-9-20/h4-7,10H,2-3,8-9H2,1H3. The molecular formula is C15H16F3N3. The Morgan fingerprint density at radius 2 is 1.57 bits per heavy atom. The summed E-state index contributed by atoms with van der Waals surface area (Å²) in [5.74, 6) is 0. The molecule has 1 aliphatic heterocycles. The number of alkyl halides is 3. The Morgan fingerprint density at radius 3 is 2.10 bits per heavy atom. The van der Waals surface area contributed by atoms with Gasteiger partial charge < -0.3 is 4.90 Å². The molecule has 0 saturated carbocycles. The van der Waals surface area contributed by atoms with E-state index in [4.69, 9.17) is 0 Å². The van der Waals surface area contributed by atoms with Gasteiger partial charge in [-0.2, -0.15) is 18.3 Å². The van der Waals surface area contributed by atoms with Gasteiger partial charge in [0.2, 0.25) is 0 Å². The van der Waals surface area contributed by atoms with Crippen LogP contribution in [0.5, 0.6) is 0 Å². The third-order valence-electron chi connectivity index (χ3n) is 3.74. The molecule has 6 heteroatoms. The maximum absolute atomic E-state index is 12.7. The molecule has 3 nitrogen and oxygen atoms in total. The van der Waals surface area contributed by atoms with Crippen molar-refractivity contribution in [3.63, 3.8) is 0 Å². The fraction of sp³-hybridized carbons (Fsp3) is 0.400. The quantitative estimate of drug-likeness (QED) is 0.840. The summed E-state index contributed by atoms with van der Waals surface area (Å²) in [7, 11) is 0. The van der Waals surface area contributed by atoms with E-state index in [-0.39, 0.29) is 0 Å². The predicted octanol–water partition coefficient (Wildman–Crippen LogP) is 3.80. The largest absolute Gasteiger partial charge is 0.435 e. The summed E-state index contributed by atoms with van der Waals surface area (Å²) in [6, 6.07) is 8.57. The van der Waals surface area contributed by atoms with E-state index in [0.29, 0.717) is 11.4 Å². The zero-order chi connectivity index (χ0) is 15.0. The van der Waals surface area contributed by atoms with E-state index in [1.807, 2.05) is 24.3 Å². The first kappa shape index (κ1) is 14.0. The van der Waals surface area contributed by atoms with Crippen molar-refractivity contribution in [1.82, 2.24) is 9.78 Å². The number of halogens is 3. The Morgan fingerprint density at radius 1 is 1.00 bits per heavy atom. The van der Waals surface area contributed by atoms with Crippen molar-refractivity contribution in [2.24, 2.45) is 0 Å². The highest BCUT2D eigenvalue weighted by molar-refractivity contribution is 5.51. The topological polar surface area (TPSA) is 21.1 Å². The molecule has 3 rings (SSSR count). The van der Waals surface area contributed by atoms with Crippen molar-refractivity contribution < 1.29 is 13.2 Å². The molecule has 0 radical (unpaired) electrons. The van der Waals surface area contributed by atoms with Crippen LogP contribution in [0.15, 0.2) is 30.3 Å². The van der Waals surface area contributed by atoms with Crippen LogP contribution >= 0.6 is 0 Å². The lowest BCUT2D eigenvalue weighted by Crippen LogP contribution is -2.17. The lowest BCUT2D eigenvalue weighted by Gasteiger charge is -2.17. The van der Waals surface area contributed by atoms with E-state index in [2.05, 4.69) is 10.00 Å². The number of aryl methyl sites for hydroxylation is 1. The summed E-state index contributed by atoms with van der Waals surface area (Å²) >= 11 is 0. The van der Waals surface area contributed by atoms with E-state index in [1.165, 1.54) is 17.5 Å². The van der Waals surface area contributed by atoms with E-state index in [9.17, 15) is 13.2 Å². The maximum atomic E-state index is 12.7. The second-order valence-electron chi connectivity index (χ2n) is 5.29. The van der Waals surface area contributed by atoms with E-state index >= 15 is 0 Å². The lowest BCUT2D eigenvalue weighted by atomic mass is 10.2. The first-order valence-electron chi connectivity index (χ1n) is 6.94. The highest BCUT2D eigenvalue weighted by atomic mass is 19.4. The predicted molar refractivity (Wildman–Crippen MR) is 74.8 cm³/mol. The summed E-state index contributed by atoms with van der Waals surface area (Å²) in [5.41, 5.74) is 1.36. The van der Waals surface area contributed by atoms with Gasteiger partial charge in [-0.05, 0) is 50.1 Å². The molecule has 2 aromatic rings. The highest BCUT2D eigenvalue weighted by Gasteiger charge is 2.34. The Kier molecular flexibility index (Phi) is 3.39. The van der Waals surface area contributed by atoms with Crippen molar-refractivity contribution in [2.45, 2.75) is 25.9 Å². The van der Waals surface area contributed by atoms with Crippen LogP contribution in [0.1, 0.15) is 24.2 Å². The molecule has 1 saturated heterocycles. The minimum absolute atomic E-state index is 0.469. The molecule has 0 unspecified atom stereocenters. The summed E-state index contributed by atoms with van der Waals surface area (Å²) in [6.07, 6.45) is -2.03. The molecule has 1 fully saturated rings. The number of anilines is 1. The van der Waals surface area contributed by atoms with Gasteiger partial charge in [-0.25, -0.2) is 4.68 Å². The van der Waals surface area contributed by atoms with Gasteiger partial charge in [-0.1, -0.05) is 0 Å². The Bertz CT molecular complexity index is 623. The summed E-state index contributed by atoms with van der Waals surface area (Å²) < 4.78 is 39.4. The van der Waals surface area contributed by atoms with Crippen molar-refractivity contribution in [2.75, 3.05) is 18.0 Å². The number of aromatic nitrogens is 2. The second-order valence-corrected chi connectivity index (χ2v) is 5.29. The van der Waals surface area contributed by atoms with Gasteiger partial charge in [0.05, 0.1) is 5.69 Å². The average Bonchev–Trinajstić information content (AvgIpc) is 3.07. The van der Waals surface area contributed by atoms with Crippen LogP contribution < -0.4 is 4.90 Å². The first-order chi connectivity index (χ1) is 9.95. The van der Waals surface area contributed by atoms with Crippen molar-refractivity contribution in [1.29, 1.82) is 0 Å². The van der Waals surface area contributed by atoms with E-state index in [0.717, 1.165) is 24.8 Å². The minimum atomic E-state index is -4.41. The molecular weight excluding hydrogens is 279 g/mol. The third kappa shape index (κ3) is 2.75. The molecule has 0 spiro atoms. The van der Waals surface area contributed by atoms with Gasteiger partial charge in [0.15, 0.2) is 5.69 Å². The normalized spacial score (nSPS) is 15.7. The summed E-state index contributed by atoms with van der Waals surface area (Å²) in [5, 5.41) is 3.66. The number of benzene rings is 1. The minimum Gasteiger partial charge on any atom is -0.372 e. The zero-order valence-electron chi connectivity index (χ0n) is 11.7. The monoisotopic (exact) mass is 295 g/mol. The van der Waals surface area contributed by atoms with Gasteiger partial charge in [-0.15, -0.1) is 0 Å².